The Kier molecular flexibility index (Phi) is 5.50. The Hall–Kier alpha value is -3.25. The number of amides is 2. The van der Waals surface area contributed by atoms with Gasteiger partial charge in [0.1, 0.15) is 5.75 Å². The molecule has 2 aliphatic heterocycles. The maximum atomic E-state index is 13.5. The van der Waals surface area contributed by atoms with Gasteiger partial charge in [-0.25, -0.2) is 4.79 Å². The number of hydrogen-bond donors (Lipinski definition) is 0. The van der Waals surface area contributed by atoms with Gasteiger partial charge < -0.3 is 14.4 Å². The predicted molar refractivity (Wildman–Crippen MR) is 106 cm³/mol. The Bertz CT molecular complexity index is 1020. The summed E-state index contributed by atoms with van der Waals surface area (Å²) in [7, 11) is 1.57. The molecule has 4 rings (SSSR count). The Morgan fingerprint density at radius 3 is 2.58 bits per heavy atom. The third kappa shape index (κ3) is 3.91. The number of anilines is 1. The van der Waals surface area contributed by atoms with Crippen LogP contribution in [0.15, 0.2) is 42.5 Å². The van der Waals surface area contributed by atoms with Gasteiger partial charge in [-0.2, -0.15) is 18.4 Å². The van der Waals surface area contributed by atoms with Crippen LogP contribution in [0.3, 0.4) is 0 Å². The molecule has 2 atom stereocenters. The summed E-state index contributed by atoms with van der Waals surface area (Å²) in [5, 5.41) is 9.05. The van der Waals surface area contributed by atoms with E-state index in [9.17, 15) is 18.0 Å². The molecule has 2 aliphatic rings. The number of nitriles is 1. The lowest BCUT2D eigenvalue weighted by Crippen LogP contribution is -2.45. The number of fused-ring (bicyclic) bond motifs is 1. The molecule has 0 N–H and O–H groups in total. The zero-order valence-electron chi connectivity index (χ0n) is 16.7. The van der Waals surface area contributed by atoms with Gasteiger partial charge in [0.15, 0.2) is 0 Å². The van der Waals surface area contributed by atoms with Crippen molar-refractivity contribution in [2.75, 3.05) is 25.2 Å². The van der Waals surface area contributed by atoms with Crippen LogP contribution < -0.4 is 9.64 Å². The van der Waals surface area contributed by atoms with E-state index in [1.54, 1.807) is 30.2 Å². The number of rotatable bonds is 4. The van der Waals surface area contributed by atoms with Crippen molar-refractivity contribution >= 4 is 11.7 Å². The van der Waals surface area contributed by atoms with Crippen molar-refractivity contribution < 1.29 is 27.4 Å². The molecule has 0 saturated carbocycles. The minimum atomic E-state index is -4.70. The van der Waals surface area contributed by atoms with E-state index < -0.39 is 23.3 Å². The monoisotopic (exact) mass is 431 g/mol. The maximum Gasteiger partial charge on any atom is 0.417 e. The fourth-order valence-electron chi connectivity index (χ4n) is 4.17. The third-order valence-corrected chi connectivity index (χ3v) is 5.69. The zero-order chi connectivity index (χ0) is 22.2. The molecule has 6 nitrogen and oxygen atoms in total. The minimum absolute atomic E-state index is 0.106. The zero-order valence-corrected chi connectivity index (χ0v) is 16.7. The molecule has 2 saturated heterocycles. The van der Waals surface area contributed by atoms with Crippen molar-refractivity contribution in [1.82, 2.24) is 4.90 Å². The lowest BCUT2D eigenvalue weighted by atomic mass is 10.0. The van der Waals surface area contributed by atoms with E-state index >= 15 is 0 Å². The van der Waals surface area contributed by atoms with Gasteiger partial charge in [0.2, 0.25) is 0 Å². The summed E-state index contributed by atoms with van der Waals surface area (Å²) >= 11 is 0. The Morgan fingerprint density at radius 1 is 1.19 bits per heavy atom. The van der Waals surface area contributed by atoms with Gasteiger partial charge in [0.25, 0.3) is 0 Å². The van der Waals surface area contributed by atoms with Gasteiger partial charge in [-0.15, -0.1) is 0 Å². The van der Waals surface area contributed by atoms with Crippen molar-refractivity contribution in [3.8, 4) is 11.8 Å². The topological polar surface area (TPSA) is 65.8 Å². The van der Waals surface area contributed by atoms with E-state index in [0.717, 1.165) is 17.7 Å². The second-order valence-electron chi connectivity index (χ2n) is 7.47. The summed E-state index contributed by atoms with van der Waals surface area (Å²) in [5.74, 6) is 0.694. The number of urea groups is 1. The van der Waals surface area contributed by atoms with Crippen molar-refractivity contribution in [2.45, 2.75) is 31.2 Å². The molecule has 0 unspecified atom stereocenters. The SMILES string of the molecule is COc1ccc(CN2C(=O)N(c3ccc(C#N)c(C(F)(F)F)c3)[C@H]3COCC[C@@H]32)cc1. The molecule has 0 bridgehead atoms. The molecule has 9 heteroatoms. The van der Waals surface area contributed by atoms with Crippen LogP contribution in [0.25, 0.3) is 0 Å². The van der Waals surface area contributed by atoms with Crippen molar-refractivity contribution in [3.63, 3.8) is 0 Å². The molecule has 0 aromatic heterocycles. The number of alkyl halides is 3. The first-order valence-electron chi connectivity index (χ1n) is 9.75. The lowest BCUT2D eigenvalue weighted by molar-refractivity contribution is -0.137. The first-order chi connectivity index (χ1) is 14.8. The normalized spacial score (nSPS) is 21.1. The number of hydrogen-bond acceptors (Lipinski definition) is 4. The van der Waals surface area contributed by atoms with E-state index in [0.29, 0.717) is 25.3 Å². The Balaban J connectivity index is 1.68. The van der Waals surface area contributed by atoms with E-state index in [1.807, 2.05) is 12.1 Å². The largest absolute Gasteiger partial charge is 0.497 e. The number of carbonyl (C=O) groups is 1. The fraction of sp³-hybridized carbons (Fsp3) is 0.364. The highest BCUT2D eigenvalue weighted by Crippen LogP contribution is 2.38. The molecule has 162 valence electrons. The lowest BCUT2D eigenvalue weighted by Gasteiger charge is -2.32. The molecule has 0 aliphatic carbocycles. The van der Waals surface area contributed by atoms with Crippen LogP contribution in [0.2, 0.25) is 0 Å². The van der Waals surface area contributed by atoms with Crippen LogP contribution in [0.5, 0.6) is 5.75 Å². The molecule has 0 spiro atoms. The highest BCUT2D eigenvalue weighted by atomic mass is 19.4. The minimum Gasteiger partial charge on any atom is -0.497 e. The molecule has 2 heterocycles. The number of nitrogens with zero attached hydrogens (tertiary/aromatic N) is 3. The average molecular weight is 431 g/mol. The average Bonchev–Trinajstić information content (AvgIpc) is 3.04. The summed E-state index contributed by atoms with van der Waals surface area (Å²) in [4.78, 5) is 16.4. The van der Waals surface area contributed by atoms with E-state index in [-0.39, 0.29) is 24.4 Å². The second-order valence-corrected chi connectivity index (χ2v) is 7.47. The van der Waals surface area contributed by atoms with Crippen LogP contribution in [-0.4, -0.2) is 43.3 Å². The summed E-state index contributed by atoms with van der Waals surface area (Å²) < 4.78 is 51.1. The molecular weight excluding hydrogens is 411 g/mol. The van der Waals surface area contributed by atoms with Gasteiger partial charge in [0.05, 0.1) is 43.0 Å². The van der Waals surface area contributed by atoms with Gasteiger partial charge in [0, 0.05) is 18.8 Å². The number of halogens is 3. The number of carbonyl (C=O) groups excluding carboxylic acids is 1. The Labute approximate surface area is 177 Å². The first-order valence-corrected chi connectivity index (χ1v) is 9.75. The van der Waals surface area contributed by atoms with E-state index in [4.69, 9.17) is 14.7 Å². The van der Waals surface area contributed by atoms with Crippen LogP contribution in [0.4, 0.5) is 23.7 Å². The maximum absolute atomic E-state index is 13.5. The highest BCUT2D eigenvalue weighted by molar-refractivity contribution is 5.96. The van der Waals surface area contributed by atoms with Gasteiger partial charge >= 0.3 is 12.2 Å². The summed E-state index contributed by atoms with van der Waals surface area (Å²) in [6.07, 6.45) is -4.11. The predicted octanol–water partition coefficient (Wildman–Crippen LogP) is 4.19. The van der Waals surface area contributed by atoms with E-state index in [2.05, 4.69) is 0 Å². The van der Waals surface area contributed by atoms with Crippen LogP contribution in [-0.2, 0) is 17.5 Å². The summed E-state index contributed by atoms with van der Waals surface area (Å²) in [6, 6.07) is 11.3. The molecule has 31 heavy (non-hydrogen) atoms. The highest BCUT2D eigenvalue weighted by Gasteiger charge is 2.48. The number of benzene rings is 2. The first kappa shape index (κ1) is 21.0. The van der Waals surface area contributed by atoms with Gasteiger partial charge in [-0.05, 0) is 42.3 Å². The second kappa shape index (κ2) is 8.12. The quantitative estimate of drug-likeness (QED) is 0.728. The fourth-order valence-corrected chi connectivity index (χ4v) is 4.17. The molecule has 0 radical (unpaired) electrons. The van der Waals surface area contributed by atoms with Gasteiger partial charge in [-0.1, -0.05) is 12.1 Å². The molecule has 2 aromatic carbocycles. The van der Waals surface area contributed by atoms with Crippen molar-refractivity contribution in [2.24, 2.45) is 0 Å². The van der Waals surface area contributed by atoms with Crippen LogP contribution in [0.1, 0.15) is 23.1 Å². The standard InChI is InChI=1S/C22H20F3N3O3/c1-30-17-6-2-14(3-7-17)12-27-19-8-9-31-13-20(19)28(21(27)29)16-5-4-15(11-26)18(10-16)22(23,24)25/h2-7,10,19-20H,8-9,12-13H2,1H3/t19-,20-/m0/s1. The van der Waals surface area contributed by atoms with Crippen molar-refractivity contribution in [1.29, 1.82) is 5.26 Å². The molecule has 2 aromatic rings. The van der Waals surface area contributed by atoms with Gasteiger partial charge in [-0.3, -0.25) is 4.90 Å². The summed E-state index contributed by atoms with van der Waals surface area (Å²) in [5.41, 5.74) is -0.539. The van der Waals surface area contributed by atoms with Crippen LogP contribution in [0, 0.1) is 11.3 Å². The third-order valence-electron chi connectivity index (χ3n) is 5.69. The summed E-state index contributed by atoms with van der Waals surface area (Å²) in [6.45, 7) is 1.03. The van der Waals surface area contributed by atoms with Crippen molar-refractivity contribution in [3.05, 3.63) is 59.2 Å². The number of methoxy groups -OCH3 is 1. The Morgan fingerprint density at radius 2 is 1.94 bits per heavy atom. The van der Waals surface area contributed by atoms with Crippen LogP contribution >= 0.6 is 0 Å². The smallest absolute Gasteiger partial charge is 0.417 e. The number of ether oxygens (including phenoxy) is 2. The molecule has 2 amide bonds. The van der Waals surface area contributed by atoms with E-state index in [1.165, 1.54) is 11.0 Å². The molecular formula is C22H20F3N3O3. The molecule has 2 fully saturated rings.